The van der Waals surface area contributed by atoms with Crippen LogP contribution in [0.3, 0.4) is 0 Å². The molecule has 0 fully saturated rings. The number of hydrogen-bond acceptors (Lipinski definition) is 7. The highest BCUT2D eigenvalue weighted by Crippen LogP contribution is 2.47. The molecule has 0 unspecified atom stereocenters. The van der Waals surface area contributed by atoms with Gasteiger partial charge in [-0.15, -0.1) is 11.6 Å². The van der Waals surface area contributed by atoms with E-state index in [2.05, 4.69) is 33.9 Å². The monoisotopic (exact) mass is 436 g/mol. The maximum absolute atomic E-state index is 12.7. The van der Waals surface area contributed by atoms with E-state index in [1.54, 1.807) is 13.8 Å². The molecule has 0 radical (unpaired) electrons. The summed E-state index contributed by atoms with van der Waals surface area (Å²) in [5, 5.41) is 11.0. The highest BCUT2D eigenvalue weighted by Gasteiger charge is 2.57. The number of methoxy groups -OCH3 is 1. The first-order chi connectivity index (χ1) is 12.8. The number of carbonyl (C=O) groups is 2. The Morgan fingerprint density at radius 2 is 1.86 bits per heavy atom. The van der Waals surface area contributed by atoms with Crippen molar-refractivity contribution in [3.05, 3.63) is 11.3 Å². The summed E-state index contributed by atoms with van der Waals surface area (Å²) >= 11 is 5.54. The summed E-state index contributed by atoms with van der Waals surface area (Å²) in [7, 11) is -0.830. The molecule has 0 spiro atoms. The molecule has 1 rings (SSSR count). The average Bonchev–Trinajstić information content (AvgIpc) is 2.80. The molecule has 3 atom stereocenters. The zero-order chi connectivity index (χ0) is 21.9. The molecule has 28 heavy (non-hydrogen) atoms. The molecule has 7 nitrogen and oxygen atoms in total. The minimum absolute atomic E-state index is 0.0561. The Balaban J connectivity index is 3.37. The molecular weight excluding hydrogens is 404 g/mol. The van der Waals surface area contributed by atoms with Crippen LogP contribution in [-0.2, 0) is 28.2 Å². The molecule has 0 aromatic rings. The molecular formula is C19H33ClO7Si. The second-order valence-electron chi connectivity index (χ2n) is 8.62. The van der Waals surface area contributed by atoms with Crippen molar-refractivity contribution < 1.29 is 33.3 Å². The number of carbonyl (C=O) groups excluding carboxylic acids is 2. The van der Waals surface area contributed by atoms with E-state index in [0.717, 1.165) is 0 Å². The lowest BCUT2D eigenvalue weighted by Gasteiger charge is -2.40. The highest BCUT2D eigenvalue weighted by atomic mass is 35.5. The Bertz CT molecular complexity index is 626. The number of halogens is 1. The van der Waals surface area contributed by atoms with Crippen LogP contribution in [-0.4, -0.2) is 63.8 Å². The lowest BCUT2D eigenvalue weighted by atomic mass is 9.81. The van der Waals surface area contributed by atoms with Gasteiger partial charge >= 0.3 is 11.9 Å². The van der Waals surface area contributed by atoms with Gasteiger partial charge in [-0.3, -0.25) is 4.79 Å². The normalized spacial score (nSPS) is 25.6. The third-order valence-corrected chi connectivity index (χ3v) is 10.3. The SMILES string of the molecule is CCOC(=O)C1=C(OC)[C@H](OC(=O)CCl)[C@@H](O)[C@]1(C)CO[Si](C)(C)C(C)(C)C. The Labute approximate surface area is 173 Å². The van der Waals surface area contributed by atoms with Gasteiger partial charge in [0.05, 0.1) is 24.7 Å². The molecule has 1 aliphatic rings. The number of rotatable bonds is 8. The zero-order valence-corrected chi connectivity index (χ0v) is 19.8. The van der Waals surface area contributed by atoms with Crippen molar-refractivity contribution >= 4 is 31.9 Å². The summed E-state index contributed by atoms with van der Waals surface area (Å²) < 4.78 is 22.1. The summed E-state index contributed by atoms with van der Waals surface area (Å²) in [4.78, 5) is 24.5. The second kappa shape index (κ2) is 9.15. The molecule has 0 saturated heterocycles. The largest absolute Gasteiger partial charge is 0.496 e. The van der Waals surface area contributed by atoms with Crippen molar-refractivity contribution in [2.24, 2.45) is 5.41 Å². The fourth-order valence-electron chi connectivity index (χ4n) is 2.80. The van der Waals surface area contributed by atoms with Crippen molar-refractivity contribution in [2.75, 3.05) is 26.2 Å². The highest BCUT2D eigenvalue weighted by molar-refractivity contribution is 6.74. The van der Waals surface area contributed by atoms with Gasteiger partial charge in [0.25, 0.3) is 0 Å². The fraction of sp³-hybridized carbons (Fsp3) is 0.789. The van der Waals surface area contributed by atoms with Crippen LogP contribution in [0.25, 0.3) is 0 Å². The first kappa shape index (κ1) is 24.9. The predicted octanol–water partition coefficient (Wildman–Crippen LogP) is 3.00. The lowest BCUT2D eigenvalue weighted by Crippen LogP contribution is -2.48. The van der Waals surface area contributed by atoms with Crippen LogP contribution in [0.1, 0.15) is 34.6 Å². The smallest absolute Gasteiger partial charge is 0.338 e. The molecule has 1 aliphatic carbocycles. The first-order valence-corrected chi connectivity index (χ1v) is 12.7. The van der Waals surface area contributed by atoms with Crippen molar-refractivity contribution in [1.29, 1.82) is 0 Å². The van der Waals surface area contributed by atoms with Crippen LogP contribution in [0, 0.1) is 5.41 Å². The third kappa shape index (κ3) is 4.90. The first-order valence-electron chi connectivity index (χ1n) is 9.30. The number of hydrogen-bond donors (Lipinski definition) is 1. The van der Waals surface area contributed by atoms with Gasteiger partial charge in [0, 0.05) is 6.61 Å². The molecule has 0 aromatic carbocycles. The van der Waals surface area contributed by atoms with Crippen molar-refractivity contribution in [3.8, 4) is 0 Å². The number of alkyl halides is 1. The van der Waals surface area contributed by atoms with E-state index >= 15 is 0 Å². The van der Waals surface area contributed by atoms with Crippen LogP contribution < -0.4 is 0 Å². The second-order valence-corrected chi connectivity index (χ2v) is 13.7. The molecule has 0 saturated carbocycles. The quantitative estimate of drug-likeness (QED) is 0.355. The molecule has 9 heteroatoms. The average molecular weight is 437 g/mol. The predicted molar refractivity (Wildman–Crippen MR) is 109 cm³/mol. The standard InChI is InChI=1S/C19H33ClO7Si/c1-9-25-17(23)13-14(24-6)15(27-12(21)10-20)16(22)19(13,5)11-26-28(7,8)18(2,3)4/h15-16,22H,9-11H2,1-8H3/t15-,16+,19+/m0/s1. The summed E-state index contributed by atoms with van der Waals surface area (Å²) in [6.07, 6.45) is -2.41. The molecule has 0 aliphatic heterocycles. The molecule has 0 heterocycles. The van der Waals surface area contributed by atoms with E-state index in [4.69, 9.17) is 30.2 Å². The lowest BCUT2D eigenvalue weighted by molar-refractivity contribution is -0.154. The Kier molecular flexibility index (Phi) is 8.15. The van der Waals surface area contributed by atoms with E-state index in [1.807, 2.05) is 0 Å². The summed E-state index contributed by atoms with van der Waals surface area (Å²) in [5.74, 6) is -1.68. The van der Waals surface area contributed by atoms with Gasteiger partial charge in [0.2, 0.25) is 0 Å². The van der Waals surface area contributed by atoms with E-state index in [0.29, 0.717) is 0 Å². The van der Waals surface area contributed by atoms with Gasteiger partial charge in [0.15, 0.2) is 20.2 Å². The van der Waals surface area contributed by atoms with Crippen molar-refractivity contribution in [1.82, 2.24) is 0 Å². The van der Waals surface area contributed by atoms with E-state index in [-0.39, 0.29) is 35.5 Å². The Morgan fingerprint density at radius 3 is 2.29 bits per heavy atom. The van der Waals surface area contributed by atoms with Crippen LogP contribution in [0.4, 0.5) is 0 Å². The number of esters is 2. The van der Waals surface area contributed by atoms with Gasteiger partial charge in [-0.2, -0.15) is 0 Å². The maximum Gasteiger partial charge on any atom is 0.338 e. The van der Waals surface area contributed by atoms with E-state index < -0.39 is 37.9 Å². The van der Waals surface area contributed by atoms with Gasteiger partial charge in [-0.05, 0) is 25.1 Å². The zero-order valence-electron chi connectivity index (χ0n) is 18.1. The van der Waals surface area contributed by atoms with E-state index in [9.17, 15) is 14.7 Å². The Hall–Kier alpha value is -1.09. The van der Waals surface area contributed by atoms with Crippen LogP contribution in [0.15, 0.2) is 11.3 Å². The minimum Gasteiger partial charge on any atom is -0.496 e. The van der Waals surface area contributed by atoms with Crippen molar-refractivity contribution in [3.63, 3.8) is 0 Å². The minimum atomic E-state index is -2.18. The van der Waals surface area contributed by atoms with Crippen LogP contribution in [0.2, 0.25) is 18.1 Å². The third-order valence-electron chi connectivity index (χ3n) is 5.62. The number of aliphatic hydroxyl groups is 1. The Morgan fingerprint density at radius 1 is 1.29 bits per heavy atom. The van der Waals surface area contributed by atoms with Crippen LogP contribution in [0.5, 0.6) is 0 Å². The topological polar surface area (TPSA) is 91.3 Å². The van der Waals surface area contributed by atoms with Gasteiger partial charge in [-0.1, -0.05) is 27.7 Å². The van der Waals surface area contributed by atoms with Gasteiger partial charge in [-0.25, -0.2) is 4.79 Å². The fourth-order valence-corrected chi connectivity index (χ4v) is 3.96. The summed E-state index contributed by atoms with van der Waals surface area (Å²) in [5.41, 5.74) is -1.06. The molecule has 0 amide bonds. The van der Waals surface area contributed by atoms with E-state index in [1.165, 1.54) is 7.11 Å². The molecule has 0 bridgehead atoms. The van der Waals surface area contributed by atoms with Crippen molar-refractivity contribution in [2.45, 2.75) is 65.0 Å². The maximum atomic E-state index is 12.7. The van der Waals surface area contributed by atoms with Crippen LogP contribution >= 0.6 is 11.6 Å². The number of aliphatic hydroxyl groups excluding tert-OH is 1. The molecule has 1 N–H and O–H groups in total. The number of ether oxygens (including phenoxy) is 3. The summed E-state index contributed by atoms with van der Waals surface area (Å²) in [6.45, 7) is 14.0. The molecule has 162 valence electrons. The van der Waals surface area contributed by atoms with Gasteiger partial charge < -0.3 is 23.7 Å². The van der Waals surface area contributed by atoms with Gasteiger partial charge in [0.1, 0.15) is 12.0 Å². The molecule has 0 aromatic heterocycles. The summed E-state index contributed by atoms with van der Waals surface area (Å²) in [6, 6.07) is 0.